The van der Waals surface area contributed by atoms with Crippen molar-refractivity contribution in [1.82, 2.24) is 0 Å². The zero-order valence-corrected chi connectivity index (χ0v) is 12.7. The van der Waals surface area contributed by atoms with Gasteiger partial charge in [-0.2, -0.15) is 0 Å². The molecular formula is C15H15Cl2NO2. The van der Waals surface area contributed by atoms with E-state index < -0.39 is 0 Å². The maximum Gasteiger partial charge on any atom is 0.139 e. The molecule has 0 spiro atoms. The average Bonchev–Trinajstić information content (AvgIpc) is 2.37. The molecule has 0 heterocycles. The summed E-state index contributed by atoms with van der Waals surface area (Å²) in [6, 6.07) is 6.71. The molecule has 5 heteroatoms. The molecule has 0 amide bonds. The molecule has 0 aliphatic rings. The van der Waals surface area contributed by atoms with Gasteiger partial charge in [0.1, 0.15) is 11.5 Å². The first-order chi connectivity index (χ1) is 9.38. The predicted octanol–water partition coefficient (Wildman–Crippen LogP) is 4.63. The van der Waals surface area contributed by atoms with E-state index in [2.05, 4.69) is 5.32 Å². The smallest absolute Gasteiger partial charge is 0.139 e. The van der Waals surface area contributed by atoms with Crippen LogP contribution >= 0.6 is 23.2 Å². The second kappa shape index (κ2) is 5.81. The SMILES string of the molecule is Cc1cc(NCc2cc(Cl)cc(Cl)c2O)c(C)cc1O. The molecule has 0 atom stereocenters. The Morgan fingerprint density at radius 2 is 1.70 bits per heavy atom. The lowest BCUT2D eigenvalue weighted by atomic mass is 10.1. The lowest BCUT2D eigenvalue weighted by Gasteiger charge is -2.13. The molecule has 2 aromatic carbocycles. The van der Waals surface area contributed by atoms with Crippen molar-refractivity contribution in [2.75, 3.05) is 5.32 Å². The maximum atomic E-state index is 9.90. The highest BCUT2D eigenvalue weighted by Gasteiger charge is 2.09. The van der Waals surface area contributed by atoms with Crippen LogP contribution < -0.4 is 5.32 Å². The van der Waals surface area contributed by atoms with Crippen LogP contribution in [0.4, 0.5) is 5.69 Å². The minimum Gasteiger partial charge on any atom is -0.508 e. The number of aromatic hydroxyl groups is 2. The lowest BCUT2D eigenvalue weighted by Crippen LogP contribution is -2.02. The van der Waals surface area contributed by atoms with Gasteiger partial charge in [0, 0.05) is 22.8 Å². The summed E-state index contributed by atoms with van der Waals surface area (Å²) in [4.78, 5) is 0. The van der Waals surface area contributed by atoms with Gasteiger partial charge in [0.2, 0.25) is 0 Å². The van der Waals surface area contributed by atoms with Gasteiger partial charge in [-0.3, -0.25) is 0 Å². The van der Waals surface area contributed by atoms with E-state index >= 15 is 0 Å². The van der Waals surface area contributed by atoms with Gasteiger partial charge in [0.25, 0.3) is 0 Å². The number of hydrogen-bond acceptors (Lipinski definition) is 3. The van der Waals surface area contributed by atoms with Crippen molar-refractivity contribution in [3.8, 4) is 11.5 Å². The Bertz CT molecular complexity index is 657. The summed E-state index contributed by atoms with van der Waals surface area (Å²) in [7, 11) is 0. The Morgan fingerprint density at radius 1 is 1.00 bits per heavy atom. The van der Waals surface area contributed by atoms with Gasteiger partial charge in [-0.25, -0.2) is 0 Å². The summed E-state index contributed by atoms with van der Waals surface area (Å²) >= 11 is 11.8. The Hall–Kier alpha value is -1.58. The minimum absolute atomic E-state index is 0.0247. The molecule has 3 nitrogen and oxygen atoms in total. The van der Waals surface area contributed by atoms with E-state index in [9.17, 15) is 10.2 Å². The van der Waals surface area contributed by atoms with Crippen LogP contribution in [-0.2, 0) is 6.54 Å². The molecule has 0 aliphatic carbocycles. The van der Waals surface area contributed by atoms with Crippen LogP contribution in [0.2, 0.25) is 10.0 Å². The number of phenols is 2. The van der Waals surface area contributed by atoms with E-state index in [0.717, 1.165) is 16.8 Å². The van der Waals surface area contributed by atoms with Crippen LogP contribution in [0, 0.1) is 13.8 Å². The molecule has 0 unspecified atom stereocenters. The van der Waals surface area contributed by atoms with Crippen LogP contribution in [0.25, 0.3) is 0 Å². The number of rotatable bonds is 3. The van der Waals surface area contributed by atoms with Crippen molar-refractivity contribution in [1.29, 1.82) is 0 Å². The van der Waals surface area contributed by atoms with E-state index in [1.54, 1.807) is 12.1 Å². The Kier molecular flexibility index (Phi) is 4.31. The third kappa shape index (κ3) is 3.11. The van der Waals surface area contributed by atoms with Gasteiger partial charge in [-0.05, 0) is 49.2 Å². The first kappa shape index (κ1) is 14.8. The molecule has 3 N–H and O–H groups in total. The highest BCUT2D eigenvalue weighted by molar-refractivity contribution is 6.35. The highest BCUT2D eigenvalue weighted by Crippen LogP contribution is 2.32. The number of aryl methyl sites for hydroxylation is 2. The van der Waals surface area contributed by atoms with Crippen molar-refractivity contribution in [2.45, 2.75) is 20.4 Å². The fourth-order valence-electron chi connectivity index (χ4n) is 1.94. The number of nitrogens with one attached hydrogen (secondary N) is 1. The second-order valence-corrected chi connectivity index (χ2v) is 5.55. The van der Waals surface area contributed by atoms with E-state index in [4.69, 9.17) is 23.2 Å². The summed E-state index contributed by atoms with van der Waals surface area (Å²) in [5, 5.41) is 23.4. The largest absolute Gasteiger partial charge is 0.508 e. The molecule has 0 bridgehead atoms. The topological polar surface area (TPSA) is 52.5 Å². The van der Waals surface area contributed by atoms with E-state index in [-0.39, 0.29) is 16.5 Å². The second-order valence-electron chi connectivity index (χ2n) is 4.70. The van der Waals surface area contributed by atoms with Crippen LogP contribution in [0.15, 0.2) is 24.3 Å². The fraction of sp³-hybridized carbons (Fsp3) is 0.200. The van der Waals surface area contributed by atoms with Gasteiger partial charge < -0.3 is 15.5 Å². The van der Waals surface area contributed by atoms with E-state index in [1.807, 2.05) is 19.9 Å². The molecule has 0 fully saturated rings. The summed E-state index contributed by atoms with van der Waals surface area (Å²) < 4.78 is 0. The Morgan fingerprint density at radius 3 is 2.40 bits per heavy atom. The summed E-state index contributed by atoms with van der Waals surface area (Å²) in [6.07, 6.45) is 0. The highest BCUT2D eigenvalue weighted by atomic mass is 35.5. The number of anilines is 1. The predicted molar refractivity (Wildman–Crippen MR) is 83.0 cm³/mol. The zero-order chi connectivity index (χ0) is 14.9. The van der Waals surface area contributed by atoms with Crippen molar-refractivity contribution < 1.29 is 10.2 Å². The van der Waals surface area contributed by atoms with Gasteiger partial charge in [0.15, 0.2) is 0 Å². The quantitative estimate of drug-likeness (QED) is 0.724. The molecule has 0 saturated heterocycles. The van der Waals surface area contributed by atoms with Crippen LogP contribution in [0.1, 0.15) is 16.7 Å². The molecule has 106 valence electrons. The molecular weight excluding hydrogens is 297 g/mol. The third-order valence-corrected chi connectivity index (χ3v) is 3.63. The summed E-state index contributed by atoms with van der Waals surface area (Å²) in [5.74, 6) is 0.290. The van der Waals surface area contributed by atoms with Crippen LogP contribution in [0.3, 0.4) is 0 Å². The lowest BCUT2D eigenvalue weighted by molar-refractivity contribution is 0.469. The molecule has 2 rings (SSSR count). The number of benzene rings is 2. The van der Waals surface area contributed by atoms with Crippen molar-refractivity contribution in [3.05, 3.63) is 51.0 Å². The summed E-state index contributed by atoms with van der Waals surface area (Å²) in [6.45, 7) is 4.11. The maximum absolute atomic E-state index is 9.90. The molecule has 0 saturated carbocycles. The normalized spacial score (nSPS) is 10.6. The van der Waals surface area contributed by atoms with Gasteiger partial charge in [-0.15, -0.1) is 0 Å². The number of halogens is 2. The monoisotopic (exact) mass is 311 g/mol. The molecule has 0 radical (unpaired) electrons. The summed E-state index contributed by atoms with van der Waals surface area (Å²) in [5.41, 5.74) is 3.20. The van der Waals surface area contributed by atoms with Crippen LogP contribution in [0.5, 0.6) is 11.5 Å². The minimum atomic E-state index is 0.0247. The Labute approximate surface area is 127 Å². The molecule has 2 aromatic rings. The molecule has 0 aliphatic heterocycles. The van der Waals surface area contributed by atoms with Crippen LogP contribution in [-0.4, -0.2) is 10.2 Å². The van der Waals surface area contributed by atoms with Crippen molar-refractivity contribution in [3.63, 3.8) is 0 Å². The van der Waals surface area contributed by atoms with Gasteiger partial charge >= 0.3 is 0 Å². The standard InChI is InChI=1S/C15H15Cl2NO2/c1-8-4-14(19)9(2)3-13(8)18-7-10-5-11(16)6-12(17)15(10)20/h3-6,18-20H,7H2,1-2H3. The average molecular weight is 312 g/mol. The van der Waals surface area contributed by atoms with E-state index in [0.29, 0.717) is 17.1 Å². The number of hydrogen-bond donors (Lipinski definition) is 3. The van der Waals surface area contributed by atoms with Gasteiger partial charge in [0.05, 0.1) is 5.02 Å². The first-order valence-corrected chi connectivity index (χ1v) is 6.85. The first-order valence-electron chi connectivity index (χ1n) is 6.09. The molecule has 20 heavy (non-hydrogen) atoms. The Balaban J connectivity index is 2.23. The van der Waals surface area contributed by atoms with E-state index in [1.165, 1.54) is 6.07 Å². The fourth-order valence-corrected chi connectivity index (χ4v) is 2.47. The zero-order valence-electron chi connectivity index (χ0n) is 11.2. The third-order valence-electron chi connectivity index (χ3n) is 3.12. The van der Waals surface area contributed by atoms with Crippen molar-refractivity contribution in [2.24, 2.45) is 0 Å². The van der Waals surface area contributed by atoms with Gasteiger partial charge in [-0.1, -0.05) is 23.2 Å². The molecule has 0 aromatic heterocycles. The van der Waals surface area contributed by atoms with Crippen molar-refractivity contribution >= 4 is 28.9 Å². The number of phenolic OH excluding ortho intramolecular Hbond substituents is 2.